The summed E-state index contributed by atoms with van der Waals surface area (Å²) in [5.41, 5.74) is 1.05. The molecule has 7 nitrogen and oxygen atoms in total. The molecule has 0 unspecified atom stereocenters. The zero-order chi connectivity index (χ0) is 19.5. The minimum absolute atomic E-state index is 0.207. The maximum Gasteiger partial charge on any atom is 0.339 e. The lowest BCUT2D eigenvalue weighted by Gasteiger charge is -2.20. The second kappa shape index (κ2) is 7.91. The van der Waals surface area contributed by atoms with E-state index in [1.165, 1.54) is 29.5 Å². The molecule has 1 atom stereocenters. The number of carbonyl (C=O) groups is 2. The molecule has 0 fully saturated rings. The first-order valence-corrected chi connectivity index (χ1v) is 10.2. The van der Waals surface area contributed by atoms with Crippen molar-refractivity contribution in [1.29, 1.82) is 0 Å². The highest BCUT2D eigenvalue weighted by Crippen LogP contribution is 2.35. The Hall–Kier alpha value is -3.04. The molecular weight excluding hydrogens is 398 g/mol. The van der Waals surface area contributed by atoms with Crippen LogP contribution in [-0.2, 0) is 9.53 Å². The Bertz CT molecular complexity index is 999. The lowest BCUT2D eigenvalue weighted by Crippen LogP contribution is -2.31. The number of rotatable bonds is 5. The first-order valence-electron chi connectivity index (χ1n) is 8.44. The van der Waals surface area contributed by atoms with Crippen molar-refractivity contribution in [2.75, 3.05) is 6.61 Å². The van der Waals surface area contributed by atoms with Gasteiger partial charge in [0.2, 0.25) is 0 Å². The Balaban J connectivity index is 1.48. The quantitative estimate of drug-likeness (QED) is 0.366. The Labute approximate surface area is 168 Å². The van der Waals surface area contributed by atoms with Gasteiger partial charge in [-0.3, -0.25) is 4.79 Å². The predicted molar refractivity (Wildman–Crippen MR) is 105 cm³/mol. The number of carbonyl (C=O) groups excluding carboxylic acids is 2. The monoisotopic (exact) mass is 413 g/mol. The Morgan fingerprint density at radius 2 is 1.93 bits per heavy atom. The summed E-state index contributed by atoms with van der Waals surface area (Å²) in [6.07, 6.45) is 3.01. The maximum atomic E-state index is 12.8. The lowest BCUT2D eigenvalue weighted by molar-refractivity contribution is -0.605. The summed E-state index contributed by atoms with van der Waals surface area (Å²) >= 11 is 3.13. The summed E-state index contributed by atoms with van der Waals surface area (Å²) in [7, 11) is 0. The van der Waals surface area contributed by atoms with Crippen molar-refractivity contribution in [3.8, 4) is 0 Å². The number of amides is 1. The van der Waals surface area contributed by atoms with Gasteiger partial charge in [0.25, 0.3) is 5.91 Å². The molecule has 0 radical (unpaired) electrons. The molecule has 1 aliphatic heterocycles. The van der Waals surface area contributed by atoms with Crippen LogP contribution in [0.2, 0.25) is 0 Å². The SMILES string of the molecule is O=C(OCC(=O)N1N=C(c2cccs2)C[C@@H]1c1cccs1)c1cc[n+]([O-])cc1. The third kappa shape index (κ3) is 3.80. The van der Waals surface area contributed by atoms with E-state index in [0.717, 1.165) is 15.5 Å². The minimum atomic E-state index is -0.664. The van der Waals surface area contributed by atoms with Crippen LogP contribution in [-0.4, -0.2) is 29.2 Å². The van der Waals surface area contributed by atoms with Gasteiger partial charge in [-0.25, -0.2) is 9.80 Å². The number of hydrogen-bond donors (Lipinski definition) is 0. The molecule has 1 aliphatic rings. The van der Waals surface area contributed by atoms with E-state index in [4.69, 9.17) is 4.74 Å². The molecule has 0 bridgehead atoms. The molecule has 1 amide bonds. The molecule has 142 valence electrons. The normalized spacial score (nSPS) is 16.1. The largest absolute Gasteiger partial charge is 0.619 e. The van der Waals surface area contributed by atoms with Crippen molar-refractivity contribution in [2.45, 2.75) is 12.5 Å². The number of hydrazone groups is 1. The topological polar surface area (TPSA) is 85.9 Å². The molecule has 0 N–H and O–H groups in total. The van der Waals surface area contributed by atoms with Gasteiger partial charge in [0, 0.05) is 23.4 Å². The Kier molecular flexibility index (Phi) is 5.18. The smallest absolute Gasteiger partial charge is 0.339 e. The molecule has 3 aromatic heterocycles. The van der Waals surface area contributed by atoms with Crippen LogP contribution in [0, 0.1) is 5.21 Å². The summed E-state index contributed by atoms with van der Waals surface area (Å²) in [5, 5.41) is 20.9. The van der Waals surface area contributed by atoms with Gasteiger partial charge in [-0.05, 0) is 22.9 Å². The standard InChI is InChI=1S/C19H15N3O4S2/c23-18(12-26-19(24)13-5-7-21(25)8-6-13)22-15(17-4-2-10-28-17)11-14(20-22)16-3-1-9-27-16/h1-10,15H,11-12H2/t15-/m1/s1. The van der Waals surface area contributed by atoms with Crippen LogP contribution in [0.3, 0.4) is 0 Å². The summed E-state index contributed by atoms with van der Waals surface area (Å²) in [5.74, 6) is -1.06. The number of nitrogens with zero attached hydrogens (tertiary/aromatic N) is 3. The fraction of sp³-hybridized carbons (Fsp3) is 0.158. The van der Waals surface area contributed by atoms with E-state index in [2.05, 4.69) is 5.10 Å². The molecule has 0 spiro atoms. The van der Waals surface area contributed by atoms with E-state index in [1.807, 2.05) is 35.0 Å². The molecule has 0 aliphatic carbocycles. The fourth-order valence-electron chi connectivity index (χ4n) is 2.86. The number of hydrogen-bond acceptors (Lipinski definition) is 7. The molecule has 0 saturated carbocycles. The average molecular weight is 413 g/mol. The third-order valence-electron chi connectivity index (χ3n) is 4.21. The van der Waals surface area contributed by atoms with Crippen molar-refractivity contribution in [3.63, 3.8) is 0 Å². The number of pyridine rings is 1. The second-order valence-corrected chi connectivity index (χ2v) is 7.95. The van der Waals surface area contributed by atoms with E-state index in [0.29, 0.717) is 11.2 Å². The van der Waals surface area contributed by atoms with Gasteiger partial charge in [-0.1, -0.05) is 12.1 Å². The Morgan fingerprint density at radius 3 is 2.61 bits per heavy atom. The highest BCUT2D eigenvalue weighted by atomic mass is 32.1. The van der Waals surface area contributed by atoms with Crippen molar-refractivity contribution in [2.24, 2.45) is 5.10 Å². The molecule has 3 aromatic rings. The average Bonchev–Trinajstić information content (AvgIpc) is 3.46. The fourth-order valence-corrected chi connectivity index (χ4v) is 4.39. The van der Waals surface area contributed by atoms with Gasteiger partial charge in [0.1, 0.15) is 0 Å². The summed E-state index contributed by atoms with van der Waals surface area (Å²) < 4.78 is 5.70. The van der Waals surface area contributed by atoms with Crippen LogP contribution in [0.15, 0.2) is 64.7 Å². The predicted octanol–water partition coefficient (Wildman–Crippen LogP) is 2.98. The van der Waals surface area contributed by atoms with E-state index in [-0.39, 0.29) is 11.6 Å². The van der Waals surface area contributed by atoms with Crippen molar-refractivity contribution in [3.05, 3.63) is 80.1 Å². The molecule has 0 aromatic carbocycles. The van der Waals surface area contributed by atoms with Crippen LogP contribution in [0.5, 0.6) is 0 Å². The third-order valence-corrected chi connectivity index (χ3v) is 6.10. The molecule has 28 heavy (non-hydrogen) atoms. The first-order chi connectivity index (χ1) is 13.6. The van der Waals surface area contributed by atoms with E-state index >= 15 is 0 Å². The van der Waals surface area contributed by atoms with Crippen LogP contribution >= 0.6 is 22.7 Å². The number of aromatic nitrogens is 1. The van der Waals surface area contributed by atoms with E-state index in [9.17, 15) is 14.8 Å². The van der Waals surface area contributed by atoms with E-state index in [1.54, 1.807) is 22.7 Å². The lowest BCUT2D eigenvalue weighted by atomic mass is 10.1. The molecule has 4 heterocycles. The maximum absolute atomic E-state index is 12.8. The van der Waals surface area contributed by atoms with Crippen molar-refractivity contribution in [1.82, 2.24) is 5.01 Å². The summed E-state index contributed by atoms with van der Waals surface area (Å²) in [6.45, 7) is -0.422. The first kappa shape index (κ1) is 18.3. The van der Waals surface area contributed by atoms with Gasteiger partial charge in [0.05, 0.1) is 22.2 Å². The Morgan fingerprint density at radius 1 is 1.18 bits per heavy atom. The van der Waals surface area contributed by atoms with Crippen molar-refractivity contribution >= 4 is 40.3 Å². The van der Waals surface area contributed by atoms with Gasteiger partial charge < -0.3 is 9.94 Å². The highest BCUT2D eigenvalue weighted by Gasteiger charge is 2.34. The van der Waals surface area contributed by atoms with Crippen LogP contribution in [0.1, 0.15) is 32.6 Å². The van der Waals surface area contributed by atoms with Gasteiger partial charge >= 0.3 is 5.97 Å². The zero-order valence-electron chi connectivity index (χ0n) is 14.6. The van der Waals surface area contributed by atoms with Gasteiger partial charge in [0.15, 0.2) is 19.0 Å². The van der Waals surface area contributed by atoms with Crippen molar-refractivity contribution < 1.29 is 19.1 Å². The molecular formula is C19H15N3O4S2. The van der Waals surface area contributed by atoms with Crippen LogP contribution in [0.25, 0.3) is 0 Å². The van der Waals surface area contributed by atoms with E-state index < -0.39 is 18.5 Å². The summed E-state index contributed by atoms with van der Waals surface area (Å²) in [4.78, 5) is 26.9. The minimum Gasteiger partial charge on any atom is -0.619 e. The second-order valence-electron chi connectivity index (χ2n) is 6.02. The van der Waals surface area contributed by atoms with Crippen LogP contribution in [0.4, 0.5) is 0 Å². The van der Waals surface area contributed by atoms with Gasteiger partial charge in [-0.15, -0.1) is 22.7 Å². The number of thiophene rings is 2. The highest BCUT2D eigenvalue weighted by molar-refractivity contribution is 7.12. The van der Waals surface area contributed by atoms with Crippen LogP contribution < -0.4 is 4.73 Å². The molecule has 0 saturated heterocycles. The molecule has 9 heteroatoms. The number of ether oxygens (including phenoxy) is 1. The zero-order valence-corrected chi connectivity index (χ0v) is 16.2. The molecule has 4 rings (SSSR count). The number of esters is 1. The summed E-state index contributed by atoms with van der Waals surface area (Å²) in [6, 6.07) is 10.3. The van der Waals surface area contributed by atoms with Gasteiger partial charge in [-0.2, -0.15) is 9.83 Å².